The molecule has 2 aromatic rings. The summed E-state index contributed by atoms with van der Waals surface area (Å²) in [6.07, 6.45) is 1.27. The highest BCUT2D eigenvalue weighted by molar-refractivity contribution is 14.0. The number of benzene rings is 1. The molecule has 0 spiro atoms. The molecule has 9 heteroatoms. The van der Waals surface area contributed by atoms with Crippen molar-refractivity contribution in [2.24, 2.45) is 4.99 Å². The van der Waals surface area contributed by atoms with E-state index in [1.165, 1.54) is 0 Å². The van der Waals surface area contributed by atoms with Gasteiger partial charge in [0.15, 0.2) is 5.96 Å². The van der Waals surface area contributed by atoms with E-state index in [9.17, 15) is 4.79 Å². The Morgan fingerprint density at radius 2 is 1.75 bits per heavy atom. The minimum atomic E-state index is -0.516. The maximum absolute atomic E-state index is 11.7. The van der Waals surface area contributed by atoms with Gasteiger partial charge in [-0.05, 0) is 39.3 Å². The summed E-state index contributed by atoms with van der Waals surface area (Å²) in [7, 11) is 0. The lowest BCUT2D eigenvalue weighted by Crippen LogP contribution is -2.42. The van der Waals surface area contributed by atoms with Crippen molar-refractivity contribution in [1.82, 2.24) is 20.9 Å². The van der Waals surface area contributed by atoms with Crippen molar-refractivity contribution < 1.29 is 14.3 Å². The monoisotopic (exact) mass is 555 g/mol. The Labute approximate surface area is 207 Å². The zero-order valence-electron chi connectivity index (χ0n) is 19.2. The number of amides is 1. The number of hydrogen-bond acceptors (Lipinski definition) is 5. The summed E-state index contributed by atoms with van der Waals surface area (Å²) in [5.41, 5.74) is 1.45. The standard InChI is InChI=1S/C23H33N5O3.HI/c1-5-24-21(26-14-15-27-22(29)31-23(2,3)4)28-16-19-12-9-13-25-20(19)30-17-18-10-7-6-8-11-18;/h6-13H,5,14-17H2,1-4H3,(H,27,29)(H2,24,26,28);1H. The van der Waals surface area contributed by atoms with Gasteiger partial charge in [-0.1, -0.05) is 36.4 Å². The van der Waals surface area contributed by atoms with Crippen molar-refractivity contribution >= 4 is 36.0 Å². The Balaban J connectivity index is 0.00000512. The van der Waals surface area contributed by atoms with Gasteiger partial charge in [-0.25, -0.2) is 14.8 Å². The average Bonchev–Trinajstić information content (AvgIpc) is 2.73. The number of carbonyl (C=O) groups excluding carboxylic acids is 1. The van der Waals surface area contributed by atoms with Crippen LogP contribution in [-0.4, -0.2) is 42.3 Å². The van der Waals surface area contributed by atoms with Gasteiger partial charge in [0.2, 0.25) is 5.88 Å². The number of halogens is 1. The Morgan fingerprint density at radius 3 is 2.44 bits per heavy atom. The predicted octanol–water partition coefficient (Wildman–Crippen LogP) is 3.86. The molecule has 8 nitrogen and oxygen atoms in total. The van der Waals surface area contributed by atoms with E-state index in [1.807, 2.05) is 70.2 Å². The van der Waals surface area contributed by atoms with E-state index in [1.54, 1.807) is 6.20 Å². The lowest BCUT2D eigenvalue weighted by molar-refractivity contribution is 0.0529. The number of guanidine groups is 1. The van der Waals surface area contributed by atoms with Crippen molar-refractivity contribution in [1.29, 1.82) is 0 Å². The molecule has 1 aromatic carbocycles. The topological polar surface area (TPSA) is 96.9 Å². The first-order chi connectivity index (χ1) is 14.9. The number of pyridine rings is 1. The number of aromatic nitrogens is 1. The van der Waals surface area contributed by atoms with Crippen molar-refractivity contribution in [3.63, 3.8) is 0 Å². The maximum atomic E-state index is 11.7. The predicted molar refractivity (Wildman–Crippen MR) is 137 cm³/mol. The highest BCUT2D eigenvalue weighted by atomic mass is 127. The van der Waals surface area contributed by atoms with E-state index in [4.69, 9.17) is 9.47 Å². The van der Waals surface area contributed by atoms with Crippen molar-refractivity contribution in [2.45, 2.75) is 46.4 Å². The smallest absolute Gasteiger partial charge is 0.407 e. The lowest BCUT2D eigenvalue weighted by Gasteiger charge is -2.20. The molecule has 0 aliphatic heterocycles. The van der Waals surface area contributed by atoms with Gasteiger partial charge in [-0.2, -0.15) is 0 Å². The first kappa shape index (κ1) is 27.5. The minimum absolute atomic E-state index is 0. The molecule has 0 saturated heterocycles. The van der Waals surface area contributed by atoms with Gasteiger partial charge in [-0.15, -0.1) is 24.0 Å². The van der Waals surface area contributed by atoms with E-state index >= 15 is 0 Å². The Morgan fingerprint density at radius 1 is 1.03 bits per heavy atom. The Bertz CT molecular complexity index is 841. The molecule has 1 aromatic heterocycles. The van der Waals surface area contributed by atoms with Crippen molar-refractivity contribution in [3.8, 4) is 5.88 Å². The maximum Gasteiger partial charge on any atom is 0.407 e. The Hall–Kier alpha value is -2.56. The third-order valence-corrected chi connectivity index (χ3v) is 3.91. The zero-order chi connectivity index (χ0) is 22.5. The Kier molecular flexibility index (Phi) is 12.4. The first-order valence-corrected chi connectivity index (χ1v) is 10.5. The molecule has 0 aliphatic rings. The quantitative estimate of drug-likeness (QED) is 0.188. The summed E-state index contributed by atoms with van der Waals surface area (Å²) in [5.74, 6) is 1.21. The fraction of sp³-hybridized carbons (Fsp3) is 0.435. The van der Waals surface area contributed by atoms with E-state index in [0.717, 1.165) is 17.7 Å². The van der Waals surface area contributed by atoms with E-state index < -0.39 is 11.7 Å². The van der Waals surface area contributed by atoms with Crippen LogP contribution in [0.15, 0.2) is 53.7 Å². The highest BCUT2D eigenvalue weighted by Crippen LogP contribution is 2.17. The van der Waals surface area contributed by atoms with Gasteiger partial charge in [0, 0.05) is 31.4 Å². The van der Waals surface area contributed by atoms with Crippen LogP contribution in [0, 0.1) is 0 Å². The number of nitrogens with one attached hydrogen (secondary N) is 3. The lowest BCUT2D eigenvalue weighted by atomic mass is 10.2. The third kappa shape index (κ3) is 11.2. The van der Waals surface area contributed by atoms with Crippen LogP contribution in [0.5, 0.6) is 5.88 Å². The zero-order valence-corrected chi connectivity index (χ0v) is 21.5. The molecule has 2 rings (SSSR count). The second-order valence-corrected chi connectivity index (χ2v) is 7.79. The summed E-state index contributed by atoms with van der Waals surface area (Å²) in [4.78, 5) is 20.7. The number of rotatable bonds is 9. The van der Waals surface area contributed by atoms with Crippen LogP contribution in [0.4, 0.5) is 4.79 Å². The molecule has 0 fully saturated rings. The molecule has 0 saturated carbocycles. The number of hydrogen-bond donors (Lipinski definition) is 3. The van der Waals surface area contributed by atoms with Crippen LogP contribution in [0.2, 0.25) is 0 Å². The molecule has 0 atom stereocenters. The number of nitrogens with zero attached hydrogens (tertiary/aromatic N) is 2. The minimum Gasteiger partial charge on any atom is -0.473 e. The number of alkyl carbamates (subject to hydrolysis) is 1. The molecule has 32 heavy (non-hydrogen) atoms. The van der Waals surface area contributed by atoms with Crippen molar-refractivity contribution in [2.75, 3.05) is 19.6 Å². The summed E-state index contributed by atoms with van der Waals surface area (Å²) in [6, 6.07) is 13.8. The summed E-state index contributed by atoms with van der Waals surface area (Å²) in [6.45, 7) is 9.98. The van der Waals surface area contributed by atoms with Crippen LogP contribution in [-0.2, 0) is 17.9 Å². The fourth-order valence-electron chi connectivity index (χ4n) is 2.57. The molecule has 0 bridgehead atoms. The second kappa shape index (κ2) is 14.5. The summed E-state index contributed by atoms with van der Waals surface area (Å²) < 4.78 is 11.1. The van der Waals surface area contributed by atoms with Crippen LogP contribution in [0.25, 0.3) is 0 Å². The van der Waals surface area contributed by atoms with Gasteiger partial charge in [0.25, 0.3) is 0 Å². The normalized spacial score (nSPS) is 11.2. The molecule has 0 aliphatic carbocycles. The van der Waals surface area contributed by atoms with Crippen LogP contribution < -0.4 is 20.7 Å². The SMILES string of the molecule is CCNC(=NCc1cccnc1OCc1ccccc1)NCCNC(=O)OC(C)(C)C.I. The van der Waals surface area contributed by atoms with E-state index in [-0.39, 0.29) is 24.0 Å². The number of carbonyl (C=O) groups is 1. The molecule has 176 valence electrons. The molecule has 0 radical (unpaired) electrons. The largest absolute Gasteiger partial charge is 0.473 e. The second-order valence-electron chi connectivity index (χ2n) is 7.79. The van der Waals surface area contributed by atoms with E-state index in [2.05, 4.69) is 25.9 Å². The van der Waals surface area contributed by atoms with E-state index in [0.29, 0.717) is 38.1 Å². The highest BCUT2D eigenvalue weighted by Gasteiger charge is 2.15. The molecular weight excluding hydrogens is 521 g/mol. The molecule has 3 N–H and O–H groups in total. The van der Waals surface area contributed by atoms with Gasteiger partial charge in [0.1, 0.15) is 12.2 Å². The van der Waals surface area contributed by atoms with Gasteiger partial charge in [0.05, 0.1) is 6.54 Å². The number of aliphatic imine (C=N–C) groups is 1. The number of ether oxygens (including phenoxy) is 2. The first-order valence-electron chi connectivity index (χ1n) is 10.5. The third-order valence-electron chi connectivity index (χ3n) is 3.91. The molecule has 0 unspecified atom stereocenters. The van der Waals surface area contributed by atoms with Gasteiger partial charge >= 0.3 is 6.09 Å². The van der Waals surface area contributed by atoms with Crippen LogP contribution in [0.3, 0.4) is 0 Å². The van der Waals surface area contributed by atoms with Crippen LogP contribution >= 0.6 is 24.0 Å². The summed E-state index contributed by atoms with van der Waals surface area (Å²) in [5, 5.41) is 9.10. The van der Waals surface area contributed by atoms with Gasteiger partial charge < -0.3 is 25.4 Å². The van der Waals surface area contributed by atoms with Crippen LogP contribution in [0.1, 0.15) is 38.8 Å². The molecular formula is C23H34IN5O3. The van der Waals surface area contributed by atoms with Crippen molar-refractivity contribution in [3.05, 3.63) is 59.8 Å². The average molecular weight is 555 g/mol. The molecule has 1 heterocycles. The molecule has 1 amide bonds. The fourth-order valence-corrected chi connectivity index (χ4v) is 2.57. The van der Waals surface area contributed by atoms with Gasteiger partial charge in [-0.3, -0.25) is 0 Å². The summed E-state index contributed by atoms with van der Waals surface area (Å²) >= 11 is 0.